The highest BCUT2D eigenvalue weighted by Gasteiger charge is 2.32. The highest BCUT2D eigenvalue weighted by atomic mass is 16.2. The number of nitrogens with one attached hydrogen (secondary N) is 1. The quantitative estimate of drug-likeness (QED) is 0.859. The van der Waals surface area contributed by atoms with Gasteiger partial charge in [-0.25, -0.2) is 4.98 Å². The van der Waals surface area contributed by atoms with E-state index in [1.54, 1.807) is 17.1 Å². The van der Waals surface area contributed by atoms with Crippen molar-refractivity contribution < 1.29 is 9.59 Å². The van der Waals surface area contributed by atoms with E-state index in [-0.39, 0.29) is 11.9 Å². The van der Waals surface area contributed by atoms with E-state index >= 15 is 0 Å². The van der Waals surface area contributed by atoms with Crippen molar-refractivity contribution in [1.82, 2.24) is 14.5 Å². The zero-order valence-corrected chi connectivity index (χ0v) is 13.1. The van der Waals surface area contributed by atoms with Gasteiger partial charge in [-0.2, -0.15) is 0 Å². The molecule has 1 saturated heterocycles. The maximum Gasteiger partial charge on any atom is 0.250 e. The molecular weight excluding hydrogens is 292 g/mol. The molecule has 3 rings (SSSR count). The van der Waals surface area contributed by atoms with Crippen LogP contribution in [0.3, 0.4) is 0 Å². The Labute approximate surface area is 135 Å². The number of imidazole rings is 1. The van der Waals surface area contributed by atoms with E-state index in [0.717, 1.165) is 24.9 Å². The Kier molecular flexibility index (Phi) is 4.41. The Morgan fingerprint density at radius 1 is 1.39 bits per heavy atom. The molecule has 0 radical (unpaired) electrons. The van der Waals surface area contributed by atoms with Crippen molar-refractivity contribution in [3.8, 4) is 0 Å². The van der Waals surface area contributed by atoms with E-state index in [1.165, 1.54) is 0 Å². The Morgan fingerprint density at radius 3 is 2.83 bits per heavy atom. The molecule has 23 heavy (non-hydrogen) atoms. The van der Waals surface area contributed by atoms with Gasteiger partial charge in [0.05, 0.1) is 6.33 Å². The van der Waals surface area contributed by atoms with Gasteiger partial charge in [0.15, 0.2) is 5.82 Å². The fourth-order valence-corrected chi connectivity index (χ4v) is 3.11. The Morgan fingerprint density at radius 2 is 2.17 bits per heavy atom. The number of hydrogen-bond donors (Lipinski definition) is 1. The maximum absolute atomic E-state index is 13.1. The van der Waals surface area contributed by atoms with Gasteiger partial charge in [0.2, 0.25) is 6.41 Å². The first kappa shape index (κ1) is 15.3. The standard InChI is InChI=1S/C17H20N4O2/c1-13-6-5-9-21(13)17(23)16(14-7-3-2-4-8-14)20-10-15(18-11-20)19-12-22/h2-4,7-8,10-13,16H,5-6,9H2,1H3,(H,19,22)/t13-,16?/m1/s1. The van der Waals surface area contributed by atoms with E-state index in [0.29, 0.717) is 12.2 Å². The molecule has 1 aromatic heterocycles. The summed E-state index contributed by atoms with van der Waals surface area (Å²) in [6, 6.07) is 9.44. The molecule has 2 amide bonds. The normalized spacial score (nSPS) is 18.7. The van der Waals surface area contributed by atoms with Crippen LogP contribution in [0.1, 0.15) is 31.4 Å². The zero-order chi connectivity index (χ0) is 16.2. The second kappa shape index (κ2) is 6.64. The molecule has 0 spiro atoms. The van der Waals surface area contributed by atoms with Crippen molar-refractivity contribution in [2.45, 2.75) is 31.8 Å². The molecule has 1 aliphatic rings. The van der Waals surface area contributed by atoms with Crippen LogP contribution in [0.4, 0.5) is 5.82 Å². The summed E-state index contributed by atoms with van der Waals surface area (Å²) in [5, 5.41) is 2.51. The van der Waals surface area contributed by atoms with Gasteiger partial charge in [-0.1, -0.05) is 30.3 Å². The molecule has 1 unspecified atom stereocenters. The fraction of sp³-hybridized carbons (Fsp3) is 0.353. The largest absolute Gasteiger partial charge is 0.338 e. The molecule has 0 bridgehead atoms. The van der Waals surface area contributed by atoms with Crippen LogP contribution in [-0.2, 0) is 9.59 Å². The predicted octanol–water partition coefficient (Wildman–Crippen LogP) is 2.05. The highest BCUT2D eigenvalue weighted by molar-refractivity contribution is 5.84. The summed E-state index contributed by atoms with van der Waals surface area (Å²) in [5.41, 5.74) is 0.909. The second-order valence-corrected chi connectivity index (χ2v) is 5.80. The molecule has 120 valence electrons. The SMILES string of the molecule is C[C@@H]1CCCN1C(=O)C(c1ccccc1)n1cnc(NC=O)c1. The molecule has 1 N–H and O–H groups in total. The molecule has 2 heterocycles. The molecule has 0 saturated carbocycles. The first-order valence-electron chi connectivity index (χ1n) is 7.80. The van der Waals surface area contributed by atoms with Crippen LogP contribution < -0.4 is 5.32 Å². The van der Waals surface area contributed by atoms with Crippen LogP contribution in [0.5, 0.6) is 0 Å². The molecule has 2 atom stereocenters. The Bertz CT molecular complexity index is 683. The van der Waals surface area contributed by atoms with E-state index < -0.39 is 6.04 Å². The molecule has 6 nitrogen and oxygen atoms in total. The smallest absolute Gasteiger partial charge is 0.250 e. The first-order valence-corrected chi connectivity index (χ1v) is 7.80. The number of amides is 2. The average Bonchev–Trinajstić information content (AvgIpc) is 3.18. The summed E-state index contributed by atoms with van der Waals surface area (Å²) in [6.07, 6.45) is 5.92. The van der Waals surface area contributed by atoms with Gasteiger partial charge in [-0.15, -0.1) is 0 Å². The molecule has 2 aromatic rings. The molecule has 1 aromatic carbocycles. The minimum Gasteiger partial charge on any atom is -0.338 e. The van der Waals surface area contributed by atoms with Crippen LogP contribution in [-0.4, -0.2) is 39.4 Å². The van der Waals surface area contributed by atoms with Gasteiger partial charge in [0.1, 0.15) is 6.04 Å². The summed E-state index contributed by atoms with van der Waals surface area (Å²) < 4.78 is 1.76. The Balaban J connectivity index is 1.96. The number of carbonyl (C=O) groups is 2. The third-order valence-corrected chi connectivity index (χ3v) is 4.29. The summed E-state index contributed by atoms with van der Waals surface area (Å²) in [7, 11) is 0. The van der Waals surface area contributed by atoms with Gasteiger partial charge in [-0.05, 0) is 25.3 Å². The van der Waals surface area contributed by atoms with Gasteiger partial charge >= 0.3 is 0 Å². The molecule has 0 aliphatic carbocycles. The monoisotopic (exact) mass is 312 g/mol. The number of aromatic nitrogens is 2. The molecule has 1 fully saturated rings. The number of rotatable bonds is 5. The van der Waals surface area contributed by atoms with Crippen LogP contribution in [0.2, 0.25) is 0 Å². The molecule has 6 heteroatoms. The lowest BCUT2D eigenvalue weighted by Crippen LogP contribution is -2.39. The van der Waals surface area contributed by atoms with Crippen LogP contribution >= 0.6 is 0 Å². The lowest BCUT2D eigenvalue weighted by Gasteiger charge is -2.27. The van der Waals surface area contributed by atoms with Crippen LogP contribution in [0, 0.1) is 0 Å². The van der Waals surface area contributed by atoms with Crippen molar-refractivity contribution >= 4 is 18.1 Å². The van der Waals surface area contributed by atoms with E-state index in [4.69, 9.17) is 0 Å². The number of anilines is 1. The molecular formula is C17H20N4O2. The van der Waals surface area contributed by atoms with Gasteiger partial charge in [0.25, 0.3) is 5.91 Å². The highest BCUT2D eigenvalue weighted by Crippen LogP contribution is 2.26. The number of hydrogen-bond acceptors (Lipinski definition) is 3. The van der Waals surface area contributed by atoms with E-state index in [1.807, 2.05) is 35.2 Å². The number of benzene rings is 1. The van der Waals surface area contributed by atoms with Crippen LogP contribution in [0.15, 0.2) is 42.9 Å². The summed E-state index contributed by atoms with van der Waals surface area (Å²) in [4.78, 5) is 29.8. The number of carbonyl (C=O) groups excluding carboxylic acids is 2. The third-order valence-electron chi connectivity index (χ3n) is 4.29. The lowest BCUT2D eigenvalue weighted by molar-refractivity contribution is -0.134. The molecule has 1 aliphatic heterocycles. The summed E-state index contributed by atoms with van der Waals surface area (Å²) >= 11 is 0. The number of nitrogens with zero attached hydrogens (tertiary/aromatic N) is 3. The summed E-state index contributed by atoms with van der Waals surface area (Å²) in [5.74, 6) is 0.499. The third kappa shape index (κ3) is 3.11. The minimum absolute atomic E-state index is 0.0660. The van der Waals surface area contributed by atoms with E-state index in [2.05, 4.69) is 17.2 Å². The first-order chi connectivity index (χ1) is 11.2. The second-order valence-electron chi connectivity index (χ2n) is 5.80. The Hall–Kier alpha value is -2.63. The van der Waals surface area contributed by atoms with Crippen LogP contribution in [0.25, 0.3) is 0 Å². The number of likely N-dealkylation sites (tertiary alicyclic amines) is 1. The van der Waals surface area contributed by atoms with E-state index in [9.17, 15) is 9.59 Å². The lowest BCUT2D eigenvalue weighted by atomic mass is 10.0. The van der Waals surface area contributed by atoms with Gasteiger partial charge < -0.3 is 14.8 Å². The van der Waals surface area contributed by atoms with Crippen molar-refractivity contribution in [1.29, 1.82) is 0 Å². The minimum atomic E-state index is -0.466. The topological polar surface area (TPSA) is 67.2 Å². The van der Waals surface area contributed by atoms with Crippen molar-refractivity contribution in [2.24, 2.45) is 0 Å². The zero-order valence-electron chi connectivity index (χ0n) is 13.1. The summed E-state index contributed by atoms with van der Waals surface area (Å²) in [6.45, 7) is 2.87. The predicted molar refractivity (Wildman–Crippen MR) is 86.9 cm³/mol. The fourth-order valence-electron chi connectivity index (χ4n) is 3.11. The van der Waals surface area contributed by atoms with Crippen molar-refractivity contribution in [3.63, 3.8) is 0 Å². The van der Waals surface area contributed by atoms with Gasteiger partial charge in [0, 0.05) is 18.8 Å². The van der Waals surface area contributed by atoms with Gasteiger partial charge in [-0.3, -0.25) is 9.59 Å². The van der Waals surface area contributed by atoms with Crippen molar-refractivity contribution in [3.05, 3.63) is 48.4 Å². The van der Waals surface area contributed by atoms with Crippen molar-refractivity contribution in [2.75, 3.05) is 11.9 Å². The maximum atomic E-state index is 13.1. The average molecular weight is 312 g/mol.